The minimum Gasteiger partial charge on any atom is -0.294 e. The maximum atomic E-state index is 13.1. The number of benzene rings is 2. The van der Waals surface area contributed by atoms with Crippen molar-refractivity contribution in [1.29, 1.82) is 0 Å². The number of unbranched alkanes of at least 4 members (excludes halogenated alkanes) is 1. The van der Waals surface area contributed by atoms with Crippen molar-refractivity contribution in [2.75, 3.05) is 0 Å². The van der Waals surface area contributed by atoms with Crippen LogP contribution < -0.4 is 0 Å². The third kappa shape index (κ3) is 4.64. The first kappa shape index (κ1) is 20.6. The van der Waals surface area contributed by atoms with Crippen molar-refractivity contribution in [2.24, 2.45) is 0 Å². The van der Waals surface area contributed by atoms with E-state index in [1.54, 1.807) is 6.07 Å². The number of thiophene rings is 1. The molecule has 2 aromatic carbocycles. The van der Waals surface area contributed by atoms with Crippen molar-refractivity contribution < 1.29 is 18.0 Å². The lowest BCUT2D eigenvalue weighted by Gasteiger charge is -2.07. The number of halogens is 3. The minimum atomic E-state index is -4.34. The Balaban J connectivity index is 1.88. The number of ketones is 1. The van der Waals surface area contributed by atoms with Gasteiger partial charge in [-0.1, -0.05) is 43.2 Å². The smallest absolute Gasteiger partial charge is 0.294 e. The highest BCUT2D eigenvalue weighted by molar-refractivity contribution is 7.19. The van der Waals surface area contributed by atoms with Crippen LogP contribution in [-0.4, -0.2) is 5.78 Å². The number of carbonyl (C=O) groups is 1. The summed E-state index contributed by atoms with van der Waals surface area (Å²) in [7, 11) is 0. The van der Waals surface area contributed by atoms with Crippen molar-refractivity contribution in [2.45, 2.75) is 52.1 Å². The van der Waals surface area contributed by atoms with E-state index >= 15 is 0 Å². The molecule has 0 fully saturated rings. The fourth-order valence-corrected chi connectivity index (χ4v) is 4.69. The van der Waals surface area contributed by atoms with Gasteiger partial charge in [0, 0.05) is 21.6 Å². The zero-order valence-corrected chi connectivity index (χ0v) is 16.8. The van der Waals surface area contributed by atoms with Crippen molar-refractivity contribution >= 4 is 27.2 Å². The van der Waals surface area contributed by atoms with E-state index in [0.29, 0.717) is 23.1 Å². The normalized spacial score (nSPS) is 11.9. The lowest BCUT2D eigenvalue weighted by molar-refractivity contribution is -0.137. The maximum absolute atomic E-state index is 13.1. The number of Topliss-reactive ketones (excluding diaryl/α,β-unsaturated/α-hetero) is 1. The summed E-state index contributed by atoms with van der Waals surface area (Å²) in [6.07, 6.45) is -0.599. The summed E-state index contributed by atoms with van der Waals surface area (Å²) in [6, 6.07) is 11.5. The summed E-state index contributed by atoms with van der Waals surface area (Å²) in [5.41, 5.74) is 2.21. The molecule has 3 aromatic rings. The monoisotopic (exact) mass is 404 g/mol. The summed E-state index contributed by atoms with van der Waals surface area (Å²) in [4.78, 5) is 13.6. The van der Waals surface area contributed by atoms with Gasteiger partial charge >= 0.3 is 6.18 Å². The fourth-order valence-electron chi connectivity index (χ4n) is 3.40. The third-order valence-electron chi connectivity index (χ3n) is 4.90. The van der Waals surface area contributed by atoms with Gasteiger partial charge in [-0.3, -0.25) is 4.79 Å². The van der Waals surface area contributed by atoms with Gasteiger partial charge in [0.2, 0.25) is 0 Å². The van der Waals surface area contributed by atoms with Crippen LogP contribution in [0.5, 0.6) is 0 Å². The lowest BCUT2D eigenvalue weighted by Crippen LogP contribution is -2.03. The molecule has 0 saturated heterocycles. The second kappa shape index (κ2) is 8.48. The SMILES string of the molecule is CCCCc1c(CCC(=O)c2cccc(C)c2)sc2cc(C(F)(F)F)ccc12. The van der Waals surface area contributed by atoms with Crippen LogP contribution in [0.15, 0.2) is 42.5 Å². The molecule has 1 heterocycles. The average Bonchev–Trinajstić information content (AvgIpc) is 3.00. The predicted octanol–water partition coefficient (Wildman–Crippen LogP) is 7.39. The summed E-state index contributed by atoms with van der Waals surface area (Å²) < 4.78 is 39.8. The molecule has 0 N–H and O–H groups in total. The molecule has 0 bridgehead atoms. The molecule has 0 aliphatic heterocycles. The quantitative estimate of drug-likeness (QED) is 0.375. The molecule has 1 aromatic heterocycles. The number of rotatable bonds is 7. The van der Waals surface area contributed by atoms with E-state index in [9.17, 15) is 18.0 Å². The van der Waals surface area contributed by atoms with E-state index in [1.807, 2.05) is 31.2 Å². The molecule has 0 aliphatic carbocycles. The van der Waals surface area contributed by atoms with Gasteiger partial charge < -0.3 is 0 Å². The number of alkyl halides is 3. The van der Waals surface area contributed by atoms with Gasteiger partial charge in [0.15, 0.2) is 5.78 Å². The number of aryl methyl sites for hydroxylation is 3. The first-order chi connectivity index (χ1) is 13.3. The van der Waals surface area contributed by atoms with Crippen molar-refractivity contribution in [1.82, 2.24) is 0 Å². The van der Waals surface area contributed by atoms with Crippen LogP contribution >= 0.6 is 11.3 Å². The Morgan fingerprint density at radius 3 is 2.54 bits per heavy atom. The van der Waals surface area contributed by atoms with Crippen LogP contribution in [0.3, 0.4) is 0 Å². The van der Waals surface area contributed by atoms with Gasteiger partial charge in [-0.25, -0.2) is 0 Å². The third-order valence-corrected chi connectivity index (χ3v) is 6.16. The van der Waals surface area contributed by atoms with Gasteiger partial charge in [0.05, 0.1) is 5.56 Å². The summed E-state index contributed by atoms with van der Waals surface area (Å²) in [6.45, 7) is 4.04. The molecular weight excluding hydrogens is 381 g/mol. The standard InChI is InChI=1S/C23H23F3OS/c1-3-4-8-18-19-10-9-17(23(24,25)26)14-22(19)28-21(18)12-11-20(27)16-7-5-6-15(2)13-16/h5-7,9-10,13-14H,3-4,8,11-12H2,1-2H3. The average molecular weight is 404 g/mol. The van der Waals surface area contributed by atoms with Crippen LogP contribution in [0.1, 0.15) is 58.1 Å². The molecule has 0 spiro atoms. The Morgan fingerprint density at radius 1 is 1.07 bits per heavy atom. The van der Waals surface area contributed by atoms with E-state index in [0.717, 1.165) is 46.7 Å². The van der Waals surface area contributed by atoms with E-state index in [4.69, 9.17) is 0 Å². The number of hydrogen-bond acceptors (Lipinski definition) is 2. The highest BCUT2D eigenvalue weighted by Gasteiger charge is 2.31. The Kier molecular flexibility index (Phi) is 6.23. The molecule has 0 unspecified atom stereocenters. The molecule has 0 amide bonds. The van der Waals surface area contributed by atoms with E-state index in [1.165, 1.54) is 17.4 Å². The Labute approximate surface area is 167 Å². The van der Waals surface area contributed by atoms with E-state index in [-0.39, 0.29) is 5.78 Å². The molecule has 28 heavy (non-hydrogen) atoms. The number of fused-ring (bicyclic) bond motifs is 1. The molecule has 0 atom stereocenters. The first-order valence-electron chi connectivity index (χ1n) is 9.51. The highest BCUT2D eigenvalue weighted by atomic mass is 32.1. The minimum absolute atomic E-state index is 0.0681. The van der Waals surface area contributed by atoms with Crippen molar-refractivity contribution in [3.05, 3.63) is 69.6 Å². The van der Waals surface area contributed by atoms with E-state index < -0.39 is 11.7 Å². The summed E-state index contributed by atoms with van der Waals surface area (Å²) in [5.74, 6) is 0.0681. The molecular formula is C23H23F3OS. The second-order valence-electron chi connectivity index (χ2n) is 7.11. The molecule has 148 valence electrons. The Morgan fingerprint density at radius 2 is 1.86 bits per heavy atom. The highest BCUT2D eigenvalue weighted by Crippen LogP contribution is 2.38. The Hall–Kier alpha value is -2.14. The second-order valence-corrected chi connectivity index (χ2v) is 8.25. The summed E-state index contributed by atoms with van der Waals surface area (Å²) in [5, 5.41) is 0.893. The molecule has 1 nitrogen and oxygen atoms in total. The van der Waals surface area contributed by atoms with Crippen LogP contribution in [0.2, 0.25) is 0 Å². The van der Waals surface area contributed by atoms with Crippen LogP contribution in [0.25, 0.3) is 10.1 Å². The number of carbonyl (C=O) groups excluding carboxylic acids is 1. The van der Waals surface area contributed by atoms with Crippen molar-refractivity contribution in [3.8, 4) is 0 Å². The maximum Gasteiger partial charge on any atom is 0.416 e. The zero-order chi connectivity index (χ0) is 20.3. The Bertz CT molecular complexity index is 985. The molecule has 0 saturated carbocycles. The first-order valence-corrected chi connectivity index (χ1v) is 10.3. The zero-order valence-electron chi connectivity index (χ0n) is 16.0. The largest absolute Gasteiger partial charge is 0.416 e. The molecule has 3 rings (SSSR count). The van der Waals surface area contributed by atoms with Gasteiger partial charge in [-0.15, -0.1) is 11.3 Å². The van der Waals surface area contributed by atoms with Gasteiger partial charge in [0.1, 0.15) is 0 Å². The van der Waals surface area contributed by atoms with Crippen LogP contribution in [0.4, 0.5) is 13.2 Å². The predicted molar refractivity (Wildman–Crippen MR) is 109 cm³/mol. The van der Waals surface area contributed by atoms with Gasteiger partial charge in [0.25, 0.3) is 0 Å². The van der Waals surface area contributed by atoms with Crippen molar-refractivity contribution in [3.63, 3.8) is 0 Å². The molecule has 0 radical (unpaired) electrons. The molecule has 5 heteroatoms. The van der Waals surface area contributed by atoms with Gasteiger partial charge in [-0.05, 0) is 55.3 Å². The van der Waals surface area contributed by atoms with Gasteiger partial charge in [-0.2, -0.15) is 13.2 Å². The number of hydrogen-bond donors (Lipinski definition) is 0. The van der Waals surface area contributed by atoms with Crippen LogP contribution in [0, 0.1) is 6.92 Å². The van der Waals surface area contributed by atoms with Crippen LogP contribution in [-0.2, 0) is 19.0 Å². The fraction of sp³-hybridized carbons (Fsp3) is 0.348. The topological polar surface area (TPSA) is 17.1 Å². The summed E-state index contributed by atoms with van der Waals surface area (Å²) >= 11 is 1.39. The lowest BCUT2D eigenvalue weighted by atomic mass is 9.99. The van der Waals surface area contributed by atoms with E-state index in [2.05, 4.69) is 6.92 Å². The molecule has 0 aliphatic rings.